The van der Waals surface area contributed by atoms with Crippen molar-refractivity contribution in [1.29, 1.82) is 0 Å². The fourth-order valence-electron chi connectivity index (χ4n) is 0. The van der Waals surface area contributed by atoms with Crippen LogP contribution in [0, 0.1) is 0 Å². The molecule has 0 aromatic carbocycles. The van der Waals surface area contributed by atoms with Gasteiger partial charge in [0.05, 0.1) is 14.1 Å². The molecule has 2 N–H and O–H groups in total. The number of hydroxylamine groups is 1. The van der Waals surface area contributed by atoms with E-state index in [1.165, 1.54) is 0 Å². The molecule has 0 saturated heterocycles. The van der Waals surface area contributed by atoms with Crippen LogP contribution in [0.15, 0.2) is 18.7 Å². The van der Waals surface area contributed by atoms with Crippen molar-refractivity contribution in [3.63, 3.8) is 0 Å². The summed E-state index contributed by atoms with van der Waals surface area (Å²) in [6.45, 7) is 51.0. The molecular weight excluding hydrogens is 1580 g/mol. The van der Waals surface area contributed by atoms with Gasteiger partial charge in [-0.05, 0) is 168 Å². The predicted octanol–water partition coefficient (Wildman–Crippen LogP) is 12.9. The third-order valence-corrected chi connectivity index (χ3v) is 4.33. The monoisotopic (exact) mass is 1740 g/mol. The largest absolute Gasteiger partial charge is 0.464 e. The fourth-order valence-corrected chi connectivity index (χ4v) is 0. The van der Waals surface area contributed by atoms with Crippen LogP contribution < -0.4 is 0 Å². The van der Waals surface area contributed by atoms with Crippen LogP contribution in [-0.2, 0) is 170 Å². The Kier molecular flexibility index (Phi) is 220. The number of hydrogen-bond donors (Lipinski definition) is 2. The number of rotatable bonds is 0. The van der Waals surface area contributed by atoms with E-state index in [9.17, 15) is 29.8 Å². The van der Waals surface area contributed by atoms with Gasteiger partial charge in [0, 0.05) is 249 Å². The molecule has 0 spiro atoms. The van der Waals surface area contributed by atoms with Crippen LogP contribution in [0.5, 0.6) is 0 Å². The number of methoxy groups -OCH3 is 1. The number of aliphatic hydroxyl groups excluding tert-OH is 1. The molecule has 90 heavy (non-hydrogen) atoms. The topological polar surface area (TPSA) is 231 Å². The van der Waals surface area contributed by atoms with Gasteiger partial charge < -0.3 is 24.2 Å². The minimum atomic E-state index is -2.67. The van der Waals surface area contributed by atoms with E-state index in [0.29, 0.717) is 24.5 Å². The summed E-state index contributed by atoms with van der Waals surface area (Å²) in [4.78, 5) is 11.6. The van der Waals surface area contributed by atoms with Gasteiger partial charge in [0.1, 0.15) is 40.5 Å². The SMILES string of the molecule is C.C/C=[N+](/C)O.CB(C)C.CC(O)=[N+](C)C.CN(C)C.CN(C)C.CN=C(C)C.CN=C(C)C.CN=S(C)(C)=O.CN=S(C)C.COC.CP(C)(C)=O.CP(C)(C)=S.CP(C)C.CS(C)(=O)=O.CS(C)(=O)=O.CS(C)=O.CSC.C[B-](C)C.C[PH+](C)C.[Y].[Y].[Y]. The van der Waals surface area contributed by atoms with E-state index in [2.05, 4.69) is 137 Å². The molecule has 0 atom stereocenters. The van der Waals surface area contributed by atoms with Crippen molar-refractivity contribution in [3.05, 3.63) is 0 Å². The quantitative estimate of drug-likeness (QED) is 0.0437. The van der Waals surface area contributed by atoms with Crippen LogP contribution >= 0.6 is 40.8 Å². The average molecular weight is 1740 g/mol. The second-order valence-electron chi connectivity index (χ2n) is 23.5. The Balaban J connectivity index is -0.0000000251. The molecule has 0 amide bonds. The third kappa shape index (κ3) is 2130. The number of ether oxygens (including phenoxy) is 1. The Morgan fingerprint density at radius 2 is 0.733 bits per heavy atom. The second-order valence-corrected chi connectivity index (χ2v) is 51.6. The van der Waals surface area contributed by atoms with Crippen LogP contribution in [-0.4, -0.2) is 353 Å². The fraction of sp³-hybridized carbons (Fsp3) is 0.929. The van der Waals surface area contributed by atoms with Crippen LogP contribution in [0.2, 0.25) is 40.9 Å². The van der Waals surface area contributed by atoms with Gasteiger partial charge in [0.25, 0.3) is 0 Å². The summed E-state index contributed by atoms with van der Waals surface area (Å²) in [6.07, 6.45) is 20.9. The van der Waals surface area contributed by atoms with Crippen LogP contribution in [0.1, 0.15) is 49.0 Å². The molecule has 0 rings (SSSR count). The first kappa shape index (κ1) is 161. The average Bonchev–Trinajstić information content (AvgIpc) is 3.18. The minimum absolute atomic E-state index is 0. The zero-order valence-corrected chi connectivity index (χ0v) is 86.3. The minimum Gasteiger partial charge on any atom is -0.464 e. The molecule has 0 unspecified atom stereocenters. The summed E-state index contributed by atoms with van der Waals surface area (Å²) in [7, 11) is 18.8. The summed E-state index contributed by atoms with van der Waals surface area (Å²) in [5.74, 6) is 0.343. The predicted molar refractivity (Wildman–Crippen MR) is 445 cm³/mol. The molecule has 0 aromatic heterocycles. The van der Waals surface area contributed by atoms with Crippen molar-refractivity contribution in [2.24, 2.45) is 18.7 Å². The molecular formula is C56H161B2N8O10P4S7Y3+2. The maximum atomic E-state index is 10.4. The summed E-state index contributed by atoms with van der Waals surface area (Å²) >= 11 is 6.69. The van der Waals surface area contributed by atoms with E-state index in [0.717, 1.165) is 54.6 Å². The molecule has 0 heterocycles. The van der Waals surface area contributed by atoms with E-state index >= 15 is 0 Å². The number of sulfone groups is 2. The molecule has 0 aliphatic carbocycles. The van der Waals surface area contributed by atoms with Crippen molar-refractivity contribution < 1.29 is 152 Å². The number of aliphatic imine (C=N–C) groups is 2. The van der Waals surface area contributed by atoms with Gasteiger partial charge >= 0.3 is 5.90 Å². The molecule has 560 valence electrons. The summed E-state index contributed by atoms with van der Waals surface area (Å²) in [5, 5.41) is 16.6. The Bertz CT molecular complexity index is 1700. The van der Waals surface area contributed by atoms with Crippen LogP contribution in [0.3, 0.4) is 0 Å². The molecule has 0 aliphatic rings. The molecule has 4 radical (unpaired) electrons. The first-order valence-electron chi connectivity index (χ1n) is 26.7. The Hall–Kier alpha value is 3.84. The maximum absolute atomic E-state index is 10.4. The van der Waals surface area contributed by atoms with E-state index in [1.54, 1.807) is 138 Å². The third-order valence-electron chi connectivity index (χ3n) is 2.72. The smallest absolute Gasteiger partial charge is 0.330 e. The van der Waals surface area contributed by atoms with Gasteiger partial charge in [0.2, 0.25) is 0 Å². The van der Waals surface area contributed by atoms with Crippen molar-refractivity contribution in [2.45, 2.75) is 89.9 Å². The van der Waals surface area contributed by atoms with Gasteiger partial charge in [0.15, 0.2) is 13.3 Å². The number of nitrogens with zero attached hydrogens (tertiary/aromatic N) is 8. The normalized spacial score (nSPS) is 8.89. The van der Waals surface area contributed by atoms with Crippen molar-refractivity contribution in [2.75, 3.05) is 261 Å². The van der Waals surface area contributed by atoms with E-state index in [1.807, 2.05) is 99.3 Å². The maximum Gasteiger partial charge on any atom is 0.330 e. The van der Waals surface area contributed by atoms with Gasteiger partial charge in [-0.1, -0.05) is 45.7 Å². The molecule has 0 bridgehead atoms. The second kappa shape index (κ2) is 123. The molecule has 0 aliphatic heterocycles. The van der Waals surface area contributed by atoms with E-state index in [-0.39, 0.29) is 113 Å². The van der Waals surface area contributed by atoms with Crippen LogP contribution in [0.4, 0.5) is 0 Å². The van der Waals surface area contributed by atoms with Gasteiger partial charge in [-0.3, -0.25) is 28.0 Å². The van der Waals surface area contributed by atoms with Gasteiger partial charge in [-0.15, -0.1) is 25.3 Å². The zero-order chi connectivity index (χ0) is 76.0. The number of thioether (sulfide) groups is 1. The zero-order valence-electron chi connectivity index (χ0n) is 68.4. The Morgan fingerprint density at radius 3 is 0.733 bits per heavy atom. The molecule has 0 saturated carbocycles. The first-order chi connectivity index (χ1) is 37.2. The van der Waals surface area contributed by atoms with Crippen LogP contribution in [0.25, 0.3) is 0 Å². The summed E-state index contributed by atoms with van der Waals surface area (Å²) in [5.41, 5.74) is 2.26. The number of hydrogen-bond acceptors (Lipinski definition) is 17. The van der Waals surface area contributed by atoms with E-state index in [4.69, 9.17) is 22.1 Å². The Morgan fingerprint density at radius 1 is 0.678 bits per heavy atom. The van der Waals surface area contributed by atoms with Crippen molar-refractivity contribution >= 4 is 140 Å². The van der Waals surface area contributed by atoms with Crippen molar-refractivity contribution in [1.82, 2.24) is 9.80 Å². The van der Waals surface area contributed by atoms with Crippen molar-refractivity contribution in [3.8, 4) is 0 Å². The van der Waals surface area contributed by atoms with Gasteiger partial charge in [-0.25, -0.2) is 46.2 Å². The summed E-state index contributed by atoms with van der Waals surface area (Å²) in [6, 6.07) is -0.806. The number of aliphatic hydroxyl groups is 1. The standard InChI is InChI=1S/C4H9NO.2C4H9N.2C3H9B.C3H9NOS.C3H8NO.C3H9NS.2C3H9N.C3H9OP.C3H9PS.2C3H9P.2C2H6O2S.C2H6OS.C2H6O.C2H6S.CH4.3Y/c1-4(6)5(2)3;2*1-4(2)5-3;2*1-4(2)3;1-4-6(2,3)5;1-3-4(2)5;1-4-5(2)3;2*1-4(2)3;1-5(2,3)4;1-4(2,3)5;2*1-4(2)3;2*1-5(2,3)4;1-4(2)3;2*1-3-2;;;;/h1-3H3;2*1-3H3;2*1-3H3;1-3H3;3,5H,1-2H3;1-3H3;2*1-3H3;2*1-3H3;2*1-3H3;2*1-2H3;1-2H3;2*1-2H3;1H4;;;/q;;;;-1;;+1;;;;;;;;;;;;;;;;/p+2/b;;;;;;4-3-;;;;;;;;;;;;;;;;. The van der Waals surface area contributed by atoms with Gasteiger partial charge in [-0.2, -0.15) is 11.8 Å². The Labute approximate surface area is 663 Å². The van der Waals surface area contributed by atoms with E-state index < -0.39 is 53.4 Å². The molecule has 0 aromatic rings. The summed E-state index contributed by atoms with van der Waals surface area (Å²) < 4.78 is 83.0. The molecule has 34 heteroatoms. The molecule has 0 fully saturated rings. The first-order valence-corrected chi connectivity index (χ1v) is 52.1. The molecule has 18 nitrogen and oxygen atoms in total.